The van der Waals surface area contributed by atoms with Crippen molar-refractivity contribution in [3.8, 4) is 0 Å². The Morgan fingerprint density at radius 1 is 1.17 bits per heavy atom. The normalized spacial score (nSPS) is 27.0. The summed E-state index contributed by atoms with van der Waals surface area (Å²) in [7, 11) is -3.15. The van der Waals surface area contributed by atoms with Crippen LogP contribution < -0.4 is 10.2 Å². The fourth-order valence-electron chi connectivity index (χ4n) is 3.33. The van der Waals surface area contributed by atoms with Gasteiger partial charge in [0.2, 0.25) is 0 Å². The maximum absolute atomic E-state index is 12.1. The molecule has 2 fully saturated rings. The van der Waals surface area contributed by atoms with Gasteiger partial charge in [-0.15, -0.1) is 0 Å². The van der Waals surface area contributed by atoms with E-state index < -0.39 is 22.0 Å². The standard InChI is InChI=1S/C15H19ClN2O4S/c16-11-3-5-12(6-4-11)17-15(19)22-14-10-23(20,21)9-13(14)18-7-1-2-8-18/h3-6,13-14H,1-2,7-10H2,(H,17,19)/p+1/t13-,14+/m1/s1. The summed E-state index contributed by atoms with van der Waals surface area (Å²) in [6.07, 6.45) is 0.976. The molecule has 23 heavy (non-hydrogen) atoms. The molecule has 2 aliphatic rings. The summed E-state index contributed by atoms with van der Waals surface area (Å²) in [6, 6.07) is 6.50. The maximum atomic E-state index is 12.1. The molecule has 2 heterocycles. The second-order valence-electron chi connectivity index (χ2n) is 6.12. The number of quaternary nitrogens is 1. The Morgan fingerprint density at radius 3 is 2.48 bits per heavy atom. The SMILES string of the molecule is O=C(Nc1ccc(Cl)cc1)O[C@H]1CS(=O)(=O)C[C@H]1[NH+]1CCCC1. The van der Waals surface area contributed by atoms with E-state index in [1.54, 1.807) is 24.3 Å². The van der Waals surface area contributed by atoms with E-state index in [4.69, 9.17) is 16.3 Å². The van der Waals surface area contributed by atoms with Crippen molar-refractivity contribution >= 4 is 33.2 Å². The van der Waals surface area contributed by atoms with Crippen LogP contribution in [0, 0.1) is 0 Å². The van der Waals surface area contributed by atoms with Gasteiger partial charge >= 0.3 is 6.09 Å². The van der Waals surface area contributed by atoms with Crippen molar-refractivity contribution in [1.82, 2.24) is 0 Å². The number of halogens is 1. The summed E-state index contributed by atoms with van der Waals surface area (Å²) >= 11 is 5.80. The van der Waals surface area contributed by atoms with Crippen molar-refractivity contribution in [2.45, 2.75) is 25.0 Å². The minimum Gasteiger partial charge on any atom is -0.439 e. The summed E-state index contributed by atoms with van der Waals surface area (Å²) in [6.45, 7) is 1.89. The van der Waals surface area contributed by atoms with E-state index in [0.717, 1.165) is 25.9 Å². The molecule has 0 unspecified atom stereocenters. The molecule has 3 rings (SSSR count). The fourth-order valence-corrected chi connectivity index (χ4v) is 5.39. The molecule has 6 nitrogen and oxygen atoms in total. The number of sulfone groups is 1. The Hall–Kier alpha value is -1.31. The average Bonchev–Trinajstić information content (AvgIpc) is 3.09. The molecule has 0 radical (unpaired) electrons. The van der Waals surface area contributed by atoms with Crippen molar-refractivity contribution in [2.24, 2.45) is 0 Å². The van der Waals surface area contributed by atoms with Gasteiger partial charge in [0.15, 0.2) is 15.9 Å². The lowest BCUT2D eigenvalue weighted by atomic mass is 10.2. The summed E-state index contributed by atoms with van der Waals surface area (Å²) in [5, 5.41) is 3.18. The molecule has 0 spiro atoms. The maximum Gasteiger partial charge on any atom is 0.412 e. The molecule has 126 valence electrons. The lowest BCUT2D eigenvalue weighted by Gasteiger charge is -2.24. The van der Waals surface area contributed by atoms with Gasteiger partial charge in [0.25, 0.3) is 0 Å². The van der Waals surface area contributed by atoms with E-state index in [1.165, 1.54) is 4.90 Å². The van der Waals surface area contributed by atoms with Gasteiger partial charge in [0, 0.05) is 23.6 Å². The summed E-state index contributed by atoms with van der Waals surface area (Å²) in [5.74, 6) is 0.0103. The largest absolute Gasteiger partial charge is 0.439 e. The minimum absolute atomic E-state index is 0.0881. The molecule has 0 aliphatic carbocycles. The zero-order valence-corrected chi connectivity index (χ0v) is 14.2. The number of hydrogen-bond acceptors (Lipinski definition) is 4. The average molecular weight is 360 g/mol. The molecule has 1 aromatic rings. The van der Waals surface area contributed by atoms with E-state index in [1.807, 2.05) is 0 Å². The Kier molecular flexibility index (Phi) is 4.79. The lowest BCUT2D eigenvalue weighted by molar-refractivity contribution is -0.913. The van der Waals surface area contributed by atoms with E-state index in [9.17, 15) is 13.2 Å². The Bertz CT molecular complexity index is 671. The smallest absolute Gasteiger partial charge is 0.412 e. The van der Waals surface area contributed by atoms with E-state index in [2.05, 4.69) is 5.32 Å². The predicted molar refractivity (Wildman–Crippen MR) is 87.7 cm³/mol. The first-order valence-electron chi connectivity index (χ1n) is 7.71. The van der Waals surface area contributed by atoms with Crippen LogP contribution in [0.3, 0.4) is 0 Å². The third kappa shape index (κ3) is 4.16. The number of likely N-dealkylation sites (tertiary alicyclic amines) is 1. The third-order valence-electron chi connectivity index (χ3n) is 4.42. The van der Waals surface area contributed by atoms with Gasteiger partial charge < -0.3 is 9.64 Å². The van der Waals surface area contributed by atoms with Crippen molar-refractivity contribution in [1.29, 1.82) is 0 Å². The van der Waals surface area contributed by atoms with E-state index in [-0.39, 0.29) is 17.5 Å². The first-order valence-corrected chi connectivity index (χ1v) is 9.91. The number of benzene rings is 1. The highest BCUT2D eigenvalue weighted by atomic mass is 35.5. The van der Waals surface area contributed by atoms with Crippen molar-refractivity contribution in [3.05, 3.63) is 29.3 Å². The van der Waals surface area contributed by atoms with Crippen molar-refractivity contribution in [3.63, 3.8) is 0 Å². The summed E-state index contributed by atoms with van der Waals surface area (Å²) in [4.78, 5) is 13.3. The molecular weight excluding hydrogens is 340 g/mol. The van der Waals surface area contributed by atoms with E-state index in [0.29, 0.717) is 10.7 Å². The number of ether oxygens (including phenoxy) is 1. The lowest BCUT2D eigenvalue weighted by Crippen LogP contribution is -3.15. The number of nitrogens with one attached hydrogen (secondary N) is 2. The van der Waals surface area contributed by atoms with Gasteiger partial charge in [0.1, 0.15) is 11.8 Å². The van der Waals surface area contributed by atoms with Gasteiger partial charge in [0.05, 0.1) is 18.8 Å². The van der Waals surface area contributed by atoms with Crippen LogP contribution in [0.25, 0.3) is 0 Å². The number of hydrogen-bond donors (Lipinski definition) is 2. The molecular formula is C15H20ClN2O4S+. The molecule has 2 saturated heterocycles. The van der Waals surface area contributed by atoms with Crippen LogP contribution >= 0.6 is 11.6 Å². The predicted octanol–water partition coefficient (Wildman–Crippen LogP) is 0.733. The first-order chi connectivity index (χ1) is 10.9. The zero-order valence-electron chi connectivity index (χ0n) is 12.6. The van der Waals surface area contributed by atoms with Gasteiger partial charge in [-0.2, -0.15) is 0 Å². The first kappa shape index (κ1) is 16.5. The quantitative estimate of drug-likeness (QED) is 0.834. The number of carbonyl (C=O) groups excluding carboxylic acids is 1. The number of anilines is 1. The van der Waals surface area contributed by atoms with Crippen LogP contribution in [0.4, 0.5) is 10.5 Å². The second-order valence-corrected chi connectivity index (χ2v) is 8.71. The Balaban J connectivity index is 1.64. The van der Waals surface area contributed by atoms with Crippen LogP contribution in [-0.2, 0) is 14.6 Å². The van der Waals surface area contributed by atoms with Crippen LogP contribution in [0.2, 0.25) is 5.02 Å². The highest BCUT2D eigenvalue weighted by Crippen LogP contribution is 2.17. The highest BCUT2D eigenvalue weighted by Gasteiger charge is 2.47. The highest BCUT2D eigenvalue weighted by molar-refractivity contribution is 7.91. The van der Waals surface area contributed by atoms with Crippen LogP contribution in [0.15, 0.2) is 24.3 Å². The Labute approximate surface area is 140 Å². The molecule has 1 amide bonds. The monoisotopic (exact) mass is 359 g/mol. The summed E-state index contributed by atoms with van der Waals surface area (Å²) in [5.41, 5.74) is 0.560. The van der Waals surface area contributed by atoms with Crippen LogP contribution in [0.1, 0.15) is 12.8 Å². The molecule has 2 N–H and O–H groups in total. The molecule has 2 atom stereocenters. The number of carbonyl (C=O) groups is 1. The topological polar surface area (TPSA) is 76.9 Å². The Morgan fingerprint density at radius 2 is 1.83 bits per heavy atom. The van der Waals surface area contributed by atoms with E-state index >= 15 is 0 Å². The van der Waals surface area contributed by atoms with Gasteiger partial charge in [-0.05, 0) is 24.3 Å². The fraction of sp³-hybridized carbons (Fsp3) is 0.533. The molecule has 0 saturated carbocycles. The van der Waals surface area contributed by atoms with Crippen molar-refractivity contribution in [2.75, 3.05) is 29.9 Å². The molecule has 2 aliphatic heterocycles. The zero-order chi connectivity index (χ0) is 16.4. The van der Waals surface area contributed by atoms with Crippen LogP contribution in [0.5, 0.6) is 0 Å². The summed E-state index contributed by atoms with van der Waals surface area (Å²) < 4.78 is 29.3. The molecule has 1 aromatic carbocycles. The third-order valence-corrected chi connectivity index (χ3v) is 6.38. The molecule has 8 heteroatoms. The molecule has 0 bridgehead atoms. The molecule has 0 aromatic heterocycles. The van der Waals surface area contributed by atoms with Crippen molar-refractivity contribution < 1.29 is 22.8 Å². The second kappa shape index (κ2) is 6.67. The minimum atomic E-state index is -3.15. The van der Waals surface area contributed by atoms with Gasteiger partial charge in [-0.3, -0.25) is 5.32 Å². The number of amides is 1. The van der Waals surface area contributed by atoms with Crippen LogP contribution in [-0.4, -0.2) is 51.3 Å². The number of rotatable bonds is 3. The van der Waals surface area contributed by atoms with Gasteiger partial charge in [-0.25, -0.2) is 13.2 Å². The van der Waals surface area contributed by atoms with Gasteiger partial charge in [-0.1, -0.05) is 11.6 Å².